The first-order valence-electron chi connectivity index (χ1n) is 5.46. The van der Waals surface area contributed by atoms with Gasteiger partial charge in [-0.25, -0.2) is 0 Å². The summed E-state index contributed by atoms with van der Waals surface area (Å²) in [6.07, 6.45) is -0.0407. The number of hydrogen-bond acceptors (Lipinski definition) is 4. The number of hydrogen-bond donors (Lipinski definition) is 2. The Bertz CT molecular complexity index is 408. The maximum atomic E-state index is 11.7. The number of benzene rings is 1. The fraction of sp³-hybridized carbons (Fsp3) is 0.417. The Morgan fingerprint density at radius 2 is 2.17 bits per heavy atom. The minimum atomic E-state index is -0.265. The molecule has 0 bridgehead atoms. The highest BCUT2D eigenvalue weighted by atomic mass is 79.9. The Labute approximate surface area is 115 Å². The molecule has 1 amide bonds. The third kappa shape index (κ3) is 4.64. The van der Waals surface area contributed by atoms with Crippen molar-refractivity contribution in [2.24, 2.45) is 5.73 Å². The first-order chi connectivity index (χ1) is 8.58. The molecule has 0 fully saturated rings. The van der Waals surface area contributed by atoms with Crippen molar-refractivity contribution >= 4 is 27.5 Å². The molecular formula is C12H17BrN2O3. The summed E-state index contributed by atoms with van der Waals surface area (Å²) in [6.45, 7) is 0.311. The lowest BCUT2D eigenvalue weighted by molar-refractivity contribution is -0.118. The van der Waals surface area contributed by atoms with Crippen molar-refractivity contribution in [2.45, 2.75) is 12.5 Å². The monoisotopic (exact) mass is 316 g/mol. The van der Waals surface area contributed by atoms with Gasteiger partial charge in [-0.1, -0.05) is 15.9 Å². The molecule has 1 aromatic rings. The summed E-state index contributed by atoms with van der Waals surface area (Å²) in [7, 11) is 3.11. The molecule has 0 aromatic heterocycles. The molecule has 0 aliphatic carbocycles. The highest BCUT2D eigenvalue weighted by Crippen LogP contribution is 2.24. The van der Waals surface area contributed by atoms with Crippen LogP contribution >= 0.6 is 15.9 Å². The van der Waals surface area contributed by atoms with Gasteiger partial charge in [-0.05, 0) is 12.1 Å². The van der Waals surface area contributed by atoms with Gasteiger partial charge in [0.2, 0.25) is 5.91 Å². The van der Waals surface area contributed by atoms with Crippen LogP contribution in [0.3, 0.4) is 0 Å². The van der Waals surface area contributed by atoms with Crippen molar-refractivity contribution in [3.8, 4) is 5.75 Å². The van der Waals surface area contributed by atoms with Crippen molar-refractivity contribution < 1.29 is 14.3 Å². The van der Waals surface area contributed by atoms with E-state index in [2.05, 4.69) is 21.2 Å². The second kappa shape index (κ2) is 7.35. The fourth-order valence-electron chi connectivity index (χ4n) is 1.43. The van der Waals surface area contributed by atoms with Crippen LogP contribution in [0.2, 0.25) is 0 Å². The second-order valence-corrected chi connectivity index (χ2v) is 4.64. The van der Waals surface area contributed by atoms with Gasteiger partial charge in [-0.15, -0.1) is 0 Å². The molecule has 0 heterocycles. The molecule has 0 saturated carbocycles. The van der Waals surface area contributed by atoms with Gasteiger partial charge in [0.05, 0.1) is 19.6 Å². The molecule has 6 heteroatoms. The van der Waals surface area contributed by atoms with E-state index < -0.39 is 0 Å². The third-order valence-electron chi connectivity index (χ3n) is 2.40. The zero-order valence-electron chi connectivity index (χ0n) is 10.4. The molecule has 1 rings (SSSR count). The molecule has 0 spiro atoms. The van der Waals surface area contributed by atoms with Crippen LogP contribution < -0.4 is 15.8 Å². The van der Waals surface area contributed by atoms with Crippen LogP contribution in [-0.2, 0) is 9.53 Å². The number of anilines is 1. The number of halogens is 1. The van der Waals surface area contributed by atoms with E-state index >= 15 is 0 Å². The van der Waals surface area contributed by atoms with Gasteiger partial charge in [-0.2, -0.15) is 0 Å². The molecule has 1 unspecified atom stereocenters. The Morgan fingerprint density at radius 3 is 2.72 bits per heavy atom. The van der Waals surface area contributed by atoms with Gasteiger partial charge < -0.3 is 20.5 Å². The summed E-state index contributed by atoms with van der Waals surface area (Å²) in [6, 6.07) is 5.35. The Balaban J connectivity index is 2.66. The predicted octanol–water partition coefficient (Wildman–Crippen LogP) is 1.76. The smallest absolute Gasteiger partial charge is 0.227 e. The molecule has 1 atom stereocenters. The van der Waals surface area contributed by atoms with Gasteiger partial charge >= 0.3 is 0 Å². The van der Waals surface area contributed by atoms with E-state index in [1.54, 1.807) is 19.2 Å². The molecule has 100 valence electrons. The number of rotatable bonds is 6. The van der Waals surface area contributed by atoms with Crippen LogP contribution in [-0.4, -0.2) is 32.8 Å². The average molecular weight is 317 g/mol. The van der Waals surface area contributed by atoms with Crippen LogP contribution in [0.1, 0.15) is 6.42 Å². The first kappa shape index (κ1) is 14.9. The standard InChI is InChI=1S/C12H17BrN2O3/c1-17-10-4-8(13)3-9(5-10)15-12(16)6-11(7-14)18-2/h3-5,11H,6-7,14H2,1-2H3,(H,15,16). The van der Waals surface area contributed by atoms with E-state index in [1.807, 2.05) is 6.07 Å². The second-order valence-electron chi connectivity index (χ2n) is 3.73. The quantitative estimate of drug-likeness (QED) is 0.838. The van der Waals surface area contributed by atoms with Crippen LogP contribution in [0.5, 0.6) is 5.75 Å². The number of amides is 1. The van der Waals surface area contributed by atoms with Crippen LogP contribution in [0.4, 0.5) is 5.69 Å². The van der Waals surface area contributed by atoms with E-state index in [9.17, 15) is 4.79 Å². The highest BCUT2D eigenvalue weighted by molar-refractivity contribution is 9.10. The summed E-state index contributed by atoms with van der Waals surface area (Å²) < 4.78 is 11.0. The Morgan fingerprint density at radius 1 is 1.44 bits per heavy atom. The summed E-state index contributed by atoms with van der Waals surface area (Å²) in [5.41, 5.74) is 6.13. The zero-order valence-corrected chi connectivity index (χ0v) is 12.0. The highest BCUT2D eigenvalue weighted by Gasteiger charge is 2.12. The number of methoxy groups -OCH3 is 2. The zero-order chi connectivity index (χ0) is 13.5. The summed E-state index contributed by atoms with van der Waals surface area (Å²) in [5, 5.41) is 2.77. The largest absolute Gasteiger partial charge is 0.497 e. The topological polar surface area (TPSA) is 73.6 Å². The Hall–Kier alpha value is -1.11. The van der Waals surface area contributed by atoms with E-state index in [0.29, 0.717) is 18.0 Å². The first-order valence-corrected chi connectivity index (χ1v) is 6.25. The fourth-order valence-corrected chi connectivity index (χ4v) is 1.91. The molecule has 1 aromatic carbocycles. The molecule has 0 radical (unpaired) electrons. The van der Waals surface area contributed by atoms with Gasteiger partial charge in [0.15, 0.2) is 0 Å². The van der Waals surface area contributed by atoms with Crippen LogP contribution in [0, 0.1) is 0 Å². The number of carbonyl (C=O) groups excluding carboxylic acids is 1. The lowest BCUT2D eigenvalue weighted by Gasteiger charge is -2.13. The van der Waals surface area contributed by atoms with Crippen molar-refractivity contribution in [3.63, 3.8) is 0 Å². The van der Waals surface area contributed by atoms with Gasteiger partial charge in [-0.3, -0.25) is 4.79 Å². The normalized spacial score (nSPS) is 12.0. The number of carbonyl (C=O) groups is 1. The molecule has 0 saturated heterocycles. The van der Waals surface area contributed by atoms with Gasteiger partial charge in [0.1, 0.15) is 5.75 Å². The van der Waals surface area contributed by atoms with Gasteiger partial charge in [0, 0.05) is 29.9 Å². The van der Waals surface area contributed by atoms with E-state index in [0.717, 1.165) is 4.47 Å². The SMILES string of the molecule is COc1cc(Br)cc(NC(=O)CC(CN)OC)c1. The van der Waals surface area contributed by atoms with Gasteiger partial charge in [0.25, 0.3) is 0 Å². The summed E-state index contributed by atoms with van der Waals surface area (Å²) >= 11 is 3.35. The van der Waals surface area contributed by atoms with E-state index in [-0.39, 0.29) is 18.4 Å². The molecular weight excluding hydrogens is 300 g/mol. The maximum Gasteiger partial charge on any atom is 0.227 e. The van der Waals surface area contributed by atoms with Crippen molar-refractivity contribution in [1.82, 2.24) is 0 Å². The van der Waals surface area contributed by atoms with Crippen LogP contribution in [0.15, 0.2) is 22.7 Å². The predicted molar refractivity (Wildman–Crippen MR) is 73.8 cm³/mol. The van der Waals surface area contributed by atoms with Crippen molar-refractivity contribution in [3.05, 3.63) is 22.7 Å². The van der Waals surface area contributed by atoms with Crippen molar-refractivity contribution in [2.75, 3.05) is 26.1 Å². The maximum absolute atomic E-state index is 11.7. The Kier molecular flexibility index (Phi) is 6.11. The summed E-state index contributed by atoms with van der Waals surface area (Å²) in [5.74, 6) is 0.522. The lowest BCUT2D eigenvalue weighted by atomic mass is 10.2. The minimum Gasteiger partial charge on any atom is -0.497 e. The summed E-state index contributed by atoms with van der Waals surface area (Å²) in [4.78, 5) is 11.7. The number of nitrogens with two attached hydrogens (primary N) is 1. The number of ether oxygens (including phenoxy) is 2. The average Bonchev–Trinajstić information content (AvgIpc) is 2.35. The van der Waals surface area contributed by atoms with E-state index in [1.165, 1.54) is 7.11 Å². The molecule has 18 heavy (non-hydrogen) atoms. The van der Waals surface area contributed by atoms with E-state index in [4.69, 9.17) is 15.2 Å². The van der Waals surface area contributed by atoms with Crippen molar-refractivity contribution in [1.29, 1.82) is 0 Å². The molecule has 0 aliphatic heterocycles. The molecule has 0 aliphatic rings. The third-order valence-corrected chi connectivity index (χ3v) is 2.86. The lowest BCUT2D eigenvalue weighted by Crippen LogP contribution is -2.28. The van der Waals surface area contributed by atoms with Crippen LogP contribution in [0.25, 0.3) is 0 Å². The molecule has 5 nitrogen and oxygen atoms in total. The number of nitrogens with one attached hydrogen (secondary N) is 1. The molecule has 3 N–H and O–H groups in total. The minimum absolute atomic E-state index is 0.146.